The van der Waals surface area contributed by atoms with E-state index in [1.54, 1.807) is 18.2 Å². The highest BCUT2D eigenvalue weighted by Crippen LogP contribution is 2.39. The van der Waals surface area contributed by atoms with Crippen molar-refractivity contribution in [3.63, 3.8) is 0 Å². The second-order valence-electron chi connectivity index (χ2n) is 17.4. The number of alkyl carbamates (subject to hydrolysis) is 1. The molecule has 4 heterocycles. The summed E-state index contributed by atoms with van der Waals surface area (Å²) in [6.07, 6.45) is 6.16. The second-order valence-corrected chi connectivity index (χ2v) is 17.4. The average Bonchev–Trinajstić information content (AvgIpc) is 3.61. The molecule has 8 rings (SSSR count). The van der Waals surface area contributed by atoms with E-state index in [-0.39, 0.29) is 53.5 Å². The molecule has 4 amide bonds. The number of nitrogens with zero attached hydrogens (tertiary/aromatic N) is 4. The number of rotatable bonds is 14. The summed E-state index contributed by atoms with van der Waals surface area (Å²) in [5.74, 6) is 1.31. The lowest BCUT2D eigenvalue weighted by Gasteiger charge is -2.30. The van der Waals surface area contributed by atoms with E-state index in [1.165, 1.54) is 7.11 Å². The maximum absolute atomic E-state index is 14.2. The molecule has 0 bridgehead atoms. The van der Waals surface area contributed by atoms with Crippen LogP contribution < -0.4 is 10.6 Å². The van der Waals surface area contributed by atoms with Gasteiger partial charge in [0.05, 0.1) is 49.6 Å². The van der Waals surface area contributed by atoms with E-state index in [9.17, 15) is 19.2 Å². The number of H-pyrrole nitrogens is 2. The molecule has 1 saturated carbocycles. The molecule has 324 valence electrons. The first-order valence-corrected chi connectivity index (χ1v) is 21.6. The predicted octanol–water partition coefficient (Wildman–Crippen LogP) is 7.23. The Kier molecular flexibility index (Phi) is 12.6. The van der Waals surface area contributed by atoms with Crippen molar-refractivity contribution in [2.24, 2.45) is 23.7 Å². The van der Waals surface area contributed by atoms with Gasteiger partial charge in [-0.25, -0.2) is 14.8 Å². The molecule has 5 aromatic rings. The monoisotopic (exact) mass is 840 g/mol. The number of methoxy groups -OCH3 is 2. The van der Waals surface area contributed by atoms with Crippen molar-refractivity contribution in [2.45, 2.75) is 70.6 Å². The fraction of sp³-hybridized carbons (Fsp3) is 0.417. The van der Waals surface area contributed by atoms with Crippen molar-refractivity contribution < 1.29 is 28.7 Å². The van der Waals surface area contributed by atoms with Gasteiger partial charge in [0.15, 0.2) is 0 Å². The number of imidazole rings is 2. The highest BCUT2D eigenvalue weighted by Gasteiger charge is 2.43. The molecule has 2 saturated heterocycles. The van der Waals surface area contributed by atoms with E-state index >= 15 is 0 Å². The highest BCUT2D eigenvalue weighted by molar-refractivity contribution is 5.91. The fourth-order valence-electron chi connectivity index (χ4n) is 8.90. The zero-order chi connectivity index (χ0) is 43.5. The van der Waals surface area contributed by atoms with Crippen LogP contribution in [-0.4, -0.2) is 93.5 Å². The minimum absolute atomic E-state index is 0.00894. The molecule has 1 unspecified atom stereocenters. The number of nitrogens with one attached hydrogen (secondary N) is 4. The van der Waals surface area contributed by atoms with Crippen LogP contribution in [-0.2, 0) is 23.9 Å². The van der Waals surface area contributed by atoms with Crippen molar-refractivity contribution in [1.29, 1.82) is 0 Å². The molecule has 0 spiro atoms. The number of amides is 4. The number of likely N-dealkylation sites (tertiary alicyclic amines) is 2. The lowest BCUT2D eigenvalue weighted by atomic mass is 10.0. The lowest BCUT2D eigenvalue weighted by Crippen LogP contribution is -2.51. The number of carbonyl (C=O) groups is 4. The van der Waals surface area contributed by atoms with Crippen LogP contribution in [0.2, 0.25) is 0 Å². The number of aromatic nitrogens is 4. The molecule has 0 radical (unpaired) electrons. The summed E-state index contributed by atoms with van der Waals surface area (Å²) in [5, 5.41) is 5.77. The third-order valence-corrected chi connectivity index (χ3v) is 12.4. The van der Waals surface area contributed by atoms with Gasteiger partial charge in [-0.15, -0.1) is 0 Å². The number of benzene rings is 3. The van der Waals surface area contributed by atoms with Crippen molar-refractivity contribution in [1.82, 2.24) is 40.4 Å². The molecule has 14 nitrogen and oxygen atoms in total. The smallest absolute Gasteiger partial charge is 0.407 e. The average molecular weight is 841 g/mol. The summed E-state index contributed by atoms with van der Waals surface area (Å²) in [5.41, 5.74) is 6.51. The predicted molar refractivity (Wildman–Crippen MR) is 234 cm³/mol. The third-order valence-electron chi connectivity index (χ3n) is 12.4. The van der Waals surface area contributed by atoms with E-state index in [0.29, 0.717) is 31.9 Å². The summed E-state index contributed by atoms with van der Waals surface area (Å²) < 4.78 is 10.3. The van der Waals surface area contributed by atoms with Crippen molar-refractivity contribution >= 4 is 23.8 Å². The minimum Gasteiger partial charge on any atom is -0.453 e. The molecular weight excluding hydrogens is 785 g/mol. The first kappa shape index (κ1) is 42.4. The molecule has 62 heavy (non-hydrogen) atoms. The Labute approximate surface area is 362 Å². The van der Waals surface area contributed by atoms with E-state index < -0.39 is 18.2 Å². The summed E-state index contributed by atoms with van der Waals surface area (Å²) in [6, 6.07) is 24.0. The summed E-state index contributed by atoms with van der Waals surface area (Å²) in [4.78, 5) is 73.3. The van der Waals surface area contributed by atoms with Crippen LogP contribution >= 0.6 is 0 Å². The van der Waals surface area contributed by atoms with Crippen LogP contribution in [0.3, 0.4) is 0 Å². The van der Waals surface area contributed by atoms with E-state index in [1.807, 2.05) is 55.3 Å². The van der Waals surface area contributed by atoms with Gasteiger partial charge in [-0.2, -0.15) is 0 Å². The van der Waals surface area contributed by atoms with Crippen LogP contribution in [0.25, 0.3) is 33.6 Å². The number of ether oxygens (including phenoxy) is 2. The van der Waals surface area contributed by atoms with Crippen LogP contribution in [0.4, 0.5) is 4.79 Å². The molecule has 6 atom stereocenters. The van der Waals surface area contributed by atoms with Gasteiger partial charge in [-0.05, 0) is 65.3 Å². The zero-order valence-electron chi connectivity index (χ0n) is 36.0. The molecular formula is C48H56N8O6. The van der Waals surface area contributed by atoms with Crippen LogP contribution in [0.15, 0.2) is 91.3 Å². The SMILES string of the molecule is COC[C@H]1C[C@@H](c2ncc(-c3ccc(-c4ccc(-c5cnc([C@@H]6C[C@H](C)CN6C(=O)[C@H](NC(=O)C6CC6)c6ccccc6)[nH]5)cc4)cc3)[nH]2)N(C(=O)C(NC(=O)OC)C(C)C)C1. The Hall–Kier alpha value is -6.28. The van der Waals surface area contributed by atoms with Gasteiger partial charge in [0.2, 0.25) is 17.7 Å². The number of aromatic amines is 2. The largest absolute Gasteiger partial charge is 0.453 e. The normalized spacial score (nSPS) is 20.9. The summed E-state index contributed by atoms with van der Waals surface area (Å²) >= 11 is 0. The number of hydrogen-bond acceptors (Lipinski definition) is 8. The molecule has 3 aromatic carbocycles. The number of carbonyl (C=O) groups excluding carboxylic acids is 4. The Morgan fingerprint density at radius 2 is 1.27 bits per heavy atom. The fourth-order valence-corrected chi connectivity index (χ4v) is 8.90. The Balaban J connectivity index is 0.943. The maximum Gasteiger partial charge on any atom is 0.407 e. The Bertz CT molecular complexity index is 2360. The molecule has 2 aromatic heterocycles. The summed E-state index contributed by atoms with van der Waals surface area (Å²) in [6.45, 7) is 7.52. The van der Waals surface area contributed by atoms with Crippen molar-refractivity contribution in [2.75, 3.05) is 33.9 Å². The minimum atomic E-state index is -0.749. The molecule has 14 heteroatoms. The van der Waals surface area contributed by atoms with E-state index in [4.69, 9.17) is 19.4 Å². The van der Waals surface area contributed by atoms with Gasteiger partial charge in [0.1, 0.15) is 23.7 Å². The van der Waals surface area contributed by atoms with Gasteiger partial charge < -0.3 is 39.9 Å². The van der Waals surface area contributed by atoms with E-state index in [0.717, 1.165) is 64.3 Å². The lowest BCUT2D eigenvalue weighted by molar-refractivity contribution is -0.138. The van der Waals surface area contributed by atoms with Crippen molar-refractivity contribution in [3.8, 4) is 33.6 Å². The van der Waals surface area contributed by atoms with Gasteiger partial charge in [0, 0.05) is 32.0 Å². The maximum atomic E-state index is 14.2. The second kappa shape index (κ2) is 18.4. The van der Waals surface area contributed by atoms with Gasteiger partial charge in [0.25, 0.3) is 0 Å². The van der Waals surface area contributed by atoms with Gasteiger partial charge in [-0.3, -0.25) is 14.4 Å². The van der Waals surface area contributed by atoms with Crippen molar-refractivity contribution in [3.05, 3.63) is 108 Å². The highest BCUT2D eigenvalue weighted by atomic mass is 16.5. The molecule has 4 N–H and O–H groups in total. The third kappa shape index (κ3) is 9.15. The molecule has 3 aliphatic rings. The molecule has 1 aliphatic carbocycles. The number of hydrogen-bond donors (Lipinski definition) is 4. The standard InChI is InChI=1S/C48H56N8O6/c1-28(2)41(54-48(60)62-5)46(58)56-26-30(27-61-4)22-40(56)44-50-24-38(52-44)34-17-13-32(14-18-34)31-11-15-33(16-12-31)37-23-49-43(51-37)39-21-29(3)25-55(39)47(59)42(35-9-7-6-8-10-35)53-45(57)36-19-20-36/h6-18,23-24,28-30,36,39-42H,19-22,25-27H2,1-5H3,(H,49,51)(H,50,52)(H,53,57)(H,54,60)/t29-,30-,39-,40-,41?,42+/m0/s1. The first-order chi connectivity index (χ1) is 30.0. The van der Waals surface area contributed by atoms with E-state index in [2.05, 4.69) is 76.1 Å². The first-order valence-electron chi connectivity index (χ1n) is 21.6. The summed E-state index contributed by atoms with van der Waals surface area (Å²) in [7, 11) is 2.94. The molecule has 3 fully saturated rings. The van der Waals surface area contributed by atoms with Crippen LogP contribution in [0.1, 0.15) is 81.8 Å². The van der Waals surface area contributed by atoms with Gasteiger partial charge >= 0.3 is 6.09 Å². The van der Waals surface area contributed by atoms with Crippen LogP contribution in [0.5, 0.6) is 0 Å². The Morgan fingerprint density at radius 1 is 0.726 bits per heavy atom. The topological polar surface area (TPSA) is 175 Å². The van der Waals surface area contributed by atoms with Crippen LogP contribution in [0, 0.1) is 23.7 Å². The zero-order valence-corrected chi connectivity index (χ0v) is 36.0. The quantitative estimate of drug-likeness (QED) is 0.0907. The Morgan fingerprint density at radius 3 is 1.81 bits per heavy atom. The van der Waals surface area contributed by atoms with Gasteiger partial charge in [-0.1, -0.05) is 99.6 Å². The molecule has 2 aliphatic heterocycles.